The number of urea groups is 5. The van der Waals surface area contributed by atoms with E-state index in [2.05, 4.69) is 21.3 Å². The van der Waals surface area contributed by atoms with Crippen molar-refractivity contribution in [2.75, 3.05) is 34.0 Å². The molecule has 0 aromatic rings. The summed E-state index contributed by atoms with van der Waals surface area (Å²) >= 11 is 0. The molecule has 6 saturated heterocycles. The van der Waals surface area contributed by atoms with Crippen LogP contribution in [-0.2, 0) is 114 Å². The van der Waals surface area contributed by atoms with Crippen LogP contribution in [0.4, 0.5) is 28.8 Å². The number of methoxy groups -OCH3 is 2. The van der Waals surface area contributed by atoms with Gasteiger partial charge in [0.25, 0.3) is 0 Å². The van der Waals surface area contributed by atoms with Crippen LogP contribution in [0.15, 0.2) is 0 Å². The van der Waals surface area contributed by atoms with Crippen LogP contribution < -0.4 is 78.9 Å². The second-order valence-electron chi connectivity index (χ2n) is 16.2. The summed E-state index contributed by atoms with van der Waals surface area (Å²) in [5, 5.41) is 103. The van der Waals surface area contributed by atoms with Gasteiger partial charge in [0.1, 0.15) is 44.4 Å². The topological polar surface area (TPSA) is 799 Å². The fourth-order valence-corrected chi connectivity index (χ4v) is 6.88. The molecule has 90 heavy (non-hydrogen) atoms. The van der Waals surface area contributed by atoms with Gasteiger partial charge in [-0.15, -0.1) is 0 Å². The van der Waals surface area contributed by atoms with Crippen molar-refractivity contribution in [3.8, 4) is 0 Å². The van der Waals surface area contributed by atoms with Crippen LogP contribution in [0.25, 0.3) is 0 Å². The van der Waals surface area contributed by atoms with E-state index in [0.29, 0.717) is 4.90 Å². The molecule has 6 heterocycles. The zero-order chi connectivity index (χ0) is 67.1. The number of aliphatic carboxylic acids is 5. The van der Waals surface area contributed by atoms with Crippen LogP contribution in [0.5, 0.6) is 0 Å². The molecule has 12 atom stereocenters. The number of hydrogen-bond donors (Lipinski definition) is 14. The van der Waals surface area contributed by atoms with Crippen molar-refractivity contribution in [3.63, 3.8) is 0 Å². The summed E-state index contributed by atoms with van der Waals surface area (Å²) in [5.41, 5.74) is 15.0. The molecule has 6 unspecified atom stereocenters. The zero-order valence-corrected chi connectivity index (χ0v) is 49.2. The molecule has 6 fully saturated rings. The standard InChI is InChI=1S/C11H16N2O8.C10H16N2O6.C5H8N2O5.2C5H6N2O4.CH4NO5P.CO2.2CH3.2Co.2H2O.H2/c1-20-3-5-7(15)8(16)9(21-5)13-4(10(17)18)2-6(14)12-11(13)19;1-17-4-5-7(14)8(15)9(18-5)12-3-2-6(13)11-10(12)16;6-5(12)7-2(4(10)11)1-3(8)9;2*8-3-1-2(4(9)10)6-5(11)7-3;2-1(3)7-8(4,5)6;2-1-3;;;;;;;/h4-5,7-9,15-16H,2-3H2,1H3,(H,17,18)(H,12,14,19);5,7-9,14-15H,2-4H2,1H3,(H,11,13,16);2H,1H2,(H,8,9)(H,10,11)(H3,6,7,12);2*2H,1H2,(H,9,10)(H2,6,7,8,11);(H2,2,3)(H2,4,5,6);;2*1H3;;;2*1H2;1H/q;;;;;;;2*-1;;;;;/p-6/t4?,5-,7+,8?,9-;5-,7+,8?,9-;;;;;;;;;;;;/m11............/s1/i;;;;;;;;;;;;;1+1/hD. The van der Waals surface area contributed by atoms with Gasteiger partial charge in [-0.1, -0.05) is 0 Å². The van der Waals surface area contributed by atoms with Crippen LogP contribution in [-0.4, -0.2) is 249 Å². The SMILES string of the molecule is COC[C@H]1O[C@@H](N2C(=O)NC(=O)CC2C(=O)[O-])C(O)[C@H]1O.COC[C@H]1O[C@@H](N2CCC(=O)NC2=O)C(O)[C@H]1O.NC(=O)NC(CC(=O)O)C(=O)[O-].NC(=O)OP(=O)([O-])[O-].O.O=C1CC(C(=O)[O-])NC(=O)N1.O=C1CC(C(=O)[O-])NC(=O)N1.O=C=O.[2HH].[2H]O.[CH3-].[CH3-].[Co].[Co]. The minimum atomic E-state index is -5.20. The van der Waals surface area contributed by atoms with Gasteiger partial charge in [-0.3, -0.25) is 55.0 Å². The number of ether oxygens (including phenoxy) is 4. The number of primary amides is 2. The summed E-state index contributed by atoms with van der Waals surface area (Å²) in [7, 11) is -2.40. The van der Waals surface area contributed by atoms with Crippen LogP contribution in [0.2, 0.25) is 0 Å². The third-order valence-electron chi connectivity index (χ3n) is 10.1. The first-order chi connectivity index (χ1) is 39.8. The number of carbonyl (C=O) groups is 15. The van der Waals surface area contributed by atoms with Gasteiger partial charge in [0.2, 0.25) is 25.1 Å². The molecule has 0 aromatic heterocycles. The molecule has 0 aromatic carbocycles. The van der Waals surface area contributed by atoms with E-state index in [1.165, 1.54) is 19.1 Å². The number of aliphatic hydroxyl groups excluding tert-OH is 4. The number of aliphatic hydroxyl groups is 4. The summed E-state index contributed by atoms with van der Waals surface area (Å²) in [6, 6.07) is -9.92. The number of carboxylic acids is 5. The molecule has 0 aliphatic carbocycles. The average Bonchev–Trinajstić information content (AvgIpc) is 1.88. The Kier molecular flexibility index (Phi) is 47.5. The first-order valence-electron chi connectivity index (χ1n) is 22.9. The van der Waals surface area contributed by atoms with Gasteiger partial charge in [-0.25, -0.2) is 28.8 Å². The Labute approximate surface area is 527 Å². The van der Waals surface area contributed by atoms with E-state index in [-0.39, 0.29) is 106 Å². The largest absolute Gasteiger partial charge is 0.780 e. The van der Waals surface area contributed by atoms with Crippen molar-refractivity contribution in [1.82, 2.24) is 47.0 Å². The van der Waals surface area contributed by atoms with Gasteiger partial charge in [0, 0.05) is 62.2 Å². The predicted octanol–water partition coefficient (Wildman–Crippen LogP) is -17.1. The van der Waals surface area contributed by atoms with Crippen LogP contribution in [0.3, 0.4) is 0 Å². The Morgan fingerprint density at radius 3 is 1.40 bits per heavy atom. The van der Waals surface area contributed by atoms with Crippen molar-refractivity contribution < 1.29 is 213 Å². The molecular weight excluding hydrogens is 1360 g/mol. The fraction of sp³-hybridized carbons (Fsp3) is 0.550. The number of imide groups is 4. The molecule has 15 amide bonds. The van der Waals surface area contributed by atoms with Gasteiger partial charge in [-0.05, 0) is 0 Å². The third kappa shape index (κ3) is 34.5. The van der Waals surface area contributed by atoms with Crippen LogP contribution >= 0.6 is 7.82 Å². The minimum Gasteiger partial charge on any atom is -0.780 e. The molecule has 6 rings (SSSR count). The van der Waals surface area contributed by atoms with Gasteiger partial charge in [-0.2, -0.15) is 9.59 Å². The van der Waals surface area contributed by atoms with Gasteiger partial charge >= 0.3 is 48.4 Å². The molecule has 50 heteroatoms. The van der Waals surface area contributed by atoms with E-state index in [9.17, 15) is 127 Å². The normalized spacial score (nSPS) is 24.5. The second kappa shape index (κ2) is 46.0. The Balaban J connectivity index is -0.000000153. The van der Waals surface area contributed by atoms with Gasteiger partial charge in [0.05, 0.1) is 86.9 Å². The maximum absolute atomic E-state index is 11.8. The van der Waals surface area contributed by atoms with Crippen LogP contribution in [0.1, 0.15) is 35.0 Å². The van der Waals surface area contributed by atoms with E-state index < -0.39 is 178 Å². The number of nitrogens with two attached hydrogens (primary N) is 2. The number of rotatable bonds is 14. The predicted molar refractivity (Wildman–Crippen MR) is 258 cm³/mol. The van der Waals surface area contributed by atoms with E-state index in [1.807, 2.05) is 26.6 Å². The monoisotopic (exact) mass is 1420 g/mol. The molecule has 0 bridgehead atoms. The molecular formula is C40H62Co2N11O36P-8. The van der Waals surface area contributed by atoms with Gasteiger partial charge < -0.3 is 156 Å². The molecule has 20 N–H and O–H groups in total. The molecule has 47 nitrogen and oxygen atoms in total. The summed E-state index contributed by atoms with van der Waals surface area (Å²) in [6.45, 7) is 0.209. The maximum atomic E-state index is 11.8. The number of carboxylic acid groups (broad SMARTS) is 5. The van der Waals surface area contributed by atoms with Crippen molar-refractivity contribution in [2.45, 2.75) is 105 Å². The number of nitrogens with one attached hydrogen (secondary N) is 7. The smallest absolute Gasteiger partial charge is 0.407 e. The molecule has 0 saturated carbocycles. The number of amides is 15. The van der Waals surface area contributed by atoms with E-state index in [1.54, 1.807) is 5.32 Å². The number of hydrogen-bond acceptors (Lipinski definition) is 33. The molecule has 6 aliphatic heterocycles. The van der Waals surface area contributed by atoms with Gasteiger partial charge in [0.15, 0.2) is 12.5 Å². The number of carbonyl (C=O) groups excluding carboxylic acids is 16. The Hall–Kier alpha value is -8.21. The van der Waals surface area contributed by atoms with Crippen molar-refractivity contribution in [1.29, 1.82) is 0 Å². The summed E-state index contributed by atoms with van der Waals surface area (Å²) in [4.78, 5) is 196. The number of phosphoric ester groups is 1. The van der Waals surface area contributed by atoms with E-state index >= 15 is 0 Å². The number of phosphoric acid groups is 1. The van der Waals surface area contributed by atoms with Crippen LogP contribution in [0, 0.1) is 14.9 Å². The van der Waals surface area contributed by atoms with E-state index in [4.69, 9.17) is 40.6 Å². The van der Waals surface area contributed by atoms with Crippen molar-refractivity contribution >= 4 is 104 Å². The molecule has 6 aliphatic rings. The molecule has 0 spiro atoms. The van der Waals surface area contributed by atoms with Crippen molar-refractivity contribution in [2.24, 2.45) is 11.5 Å². The Bertz CT molecular complexity index is 2460. The summed E-state index contributed by atoms with van der Waals surface area (Å²) < 4.78 is 37.5. The zero-order valence-electron chi connectivity index (χ0n) is 47.3. The first-order valence-corrected chi connectivity index (χ1v) is 23.9. The minimum absolute atomic E-state index is 0. The Morgan fingerprint density at radius 1 is 0.700 bits per heavy atom. The Morgan fingerprint density at radius 2 is 1.09 bits per heavy atom. The third-order valence-corrected chi connectivity index (χ3v) is 10.5. The molecule has 524 valence electrons. The summed E-state index contributed by atoms with van der Waals surface area (Å²) in [6.07, 6.45) is -12.3. The van der Waals surface area contributed by atoms with E-state index in [0.717, 1.165) is 0 Å². The summed E-state index contributed by atoms with van der Waals surface area (Å²) in [5.74, 6) is -9.95. The first kappa shape index (κ1) is 92.9. The molecule has 2 radical (unpaired) electrons. The second-order valence-corrected chi connectivity index (χ2v) is 17.3. The fourth-order valence-electron chi connectivity index (χ4n) is 6.66. The maximum Gasteiger partial charge on any atom is 0.407 e. The quantitative estimate of drug-likeness (QED) is 0.0567. The average molecular weight is 1420 g/mol. The van der Waals surface area contributed by atoms with Crippen molar-refractivity contribution in [3.05, 3.63) is 14.9 Å². The number of nitrogens with zero attached hydrogens (tertiary/aromatic N) is 2.